The van der Waals surface area contributed by atoms with E-state index >= 15 is 0 Å². The molecule has 0 fully saturated rings. The molecule has 2 aromatic carbocycles. The van der Waals surface area contributed by atoms with Crippen molar-refractivity contribution in [3.05, 3.63) is 59.7 Å². The largest absolute Gasteiger partial charge is 0.508 e. The number of phenols is 1. The standard InChI is InChI=1S/C17H15NO6S/c1-11(19)18-25(23,24)15-8-4-13(5-9-15)16(17(21)22)10-12-2-6-14(20)7-3-12/h2-10,20H,1H3,(H,18,19)(H,21,22)/b16-10+. The number of carboxylic acids is 1. The van der Waals surface area contributed by atoms with E-state index in [1.807, 2.05) is 4.72 Å². The molecule has 0 spiro atoms. The van der Waals surface area contributed by atoms with E-state index in [9.17, 15) is 28.2 Å². The molecule has 0 bridgehead atoms. The topological polar surface area (TPSA) is 121 Å². The van der Waals surface area contributed by atoms with Crippen LogP contribution in [0.1, 0.15) is 18.1 Å². The van der Waals surface area contributed by atoms with Gasteiger partial charge in [0.2, 0.25) is 5.91 Å². The second-order valence-electron chi connectivity index (χ2n) is 5.14. The molecule has 3 N–H and O–H groups in total. The van der Waals surface area contributed by atoms with Crippen LogP contribution in [0.3, 0.4) is 0 Å². The number of nitrogens with one attached hydrogen (secondary N) is 1. The van der Waals surface area contributed by atoms with E-state index in [1.54, 1.807) is 12.1 Å². The summed E-state index contributed by atoms with van der Waals surface area (Å²) in [5.74, 6) is -1.85. The van der Waals surface area contributed by atoms with Crippen molar-refractivity contribution < 1.29 is 28.2 Å². The van der Waals surface area contributed by atoms with Crippen LogP contribution in [-0.4, -0.2) is 30.5 Å². The minimum atomic E-state index is -3.98. The first kappa shape index (κ1) is 18.2. The Labute approximate surface area is 144 Å². The van der Waals surface area contributed by atoms with Crippen molar-refractivity contribution in [2.75, 3.05) is 0 Å². The fourth-order valence-corrected chi connectivity index (χ4v) is 3.06. The van der Waals surface area contributed by atoms with Gasteiger partial charge in [-0.2, -0.15) is 0 Å². The average Bonchev–Trinajstić information content (AvgIpc) is 2.53. The predicted octanol–water partition coefficient (Wildman–Crippen LogP) is 1.84. The van der Waals surface area contributed by atoms with Gasteiger partial charge >= 0.3 is 5.97 Å². The molecule has 0 aliphatic rings. The molecule has 0 saturated carbocycles. The highest BCUT2D eigenvalue weighted by Gasteiger charge is 2.17. The Hall–Kier alpha value is -3.13. The van der Waals surface area contributed by atoms with Crippen LogP contribution in [0.2, 0.25) is 0 Å². The van der Waals surface area contributed by atoms with E-state index in [1.165, 1.54) is 42.5 Å². The average molecular weight is 361 g/mol. The maximum Gasteiger partial charge on any atom is 0.336 e. The van der Waals surface area contributed by atoms with Crippen LogP contribution >= 0.6 is 0 Å². The van der Waals surface area contributed by atoms with Crippen LogP contribution in [0, 0.1) is 0 Å². The molecule has 130 valence electrons. The molecule has 0 atom stereocenters. The van der Waals surface area contributed by atoms with E-state index in [2.05, 4.69) is 0 Å². The molecule has 25 heavy (non-hydrogen) atoms. The first-order valence-electron chi connectivity index (χ1n) is 7.07. The van der Waals surface area contributed by atoms with Crippen LogP contribution in [-0.2, 0) is 19.6 Å². The zero-order valence-corrected chi connectivity index (χ0v) is 13.9. The number of hydrogen-bond donors (Lipinski definition) is 3. The second-order valence-corrected chi connectivity index (χ2v) is 6.82. The number of hydrogen-bond acceptors (Lipinski definition) is 5. The van der Waals surface area contributed by atoms with Crippen molar-refractivity contribution in [3.63, 3.8) is 0 Å². The predicted molar refractivity (Wildman–Crippen MR) is 91.1 cm³/mol. The van der Waals surface area contributed by atoms with Gasteiger partial charge in [0.1, 0.15) is 5.75 Å². The van der Waals surface area contributed by atoms with E-state index in [-0.39, 0.29) is 16.2 Å². The highest BCUT2D eigenvalue weighted by atomic mass is 32.2. The van der Waals surface area contributed by atoms with E-state index in [4.69, 9.17) is 0 Å². The third kappa shape index (κ3) is 4.67. The van der Waals surface area contributed by atoms with Crippen molar-refractivity contribution in [2.24, 2.45) is 0 Å². The zero-order chi connectivity index (χ0) is 18.6. The number of carbonyl (C=O) groups is 2. The Morgan fingerprint density at radius 1 is 1.00 bits per heavy atom. The summed E-state index contributed by atoms with van der Waals surface area (Å²) in [6, 6.07) is 11.1. The van der Waals surface area contributed by atoms with Gasteiger partial charge in [-0.25, -0.2) is 17.9 Å². The fraction of sp³-hybridized carbons (Fsp3) is 0.0588. The molecule has 2 aromatic rings. The van der Waals surface area contributed by atoms with Gasteiger partial charge in [0, 0.05) is 6.92 Å². The molecule has 1 amide bonds. The van der Waals surface area contributed by atoms with Crippen LogP contribution in [0.4, 0.5) is 0 Å². The van der Waals surface area contributed by atoms with Crippen molar-refractivity contribution in [1.29, 1.82) is 0 Å². The third-order valence-electron chi connectivity index (χ3n) is 3.19. The van der Waals surface area contributed by atoms with Gasteiger partial charge in [0.15, 0.2) is 0 Å². The van der Waals surface area contributed by atoms with E-state index in [0.29, 0.717) is 11.1 Å². The highest BCUT2D eigenvalue weighted by molar-refractivity contribution is 7.90. The SMILES string of the molecule is CC(=O)NS(=O)(=O)c1ccc(/C(=C\c2ccc(O)cc2)C(=O)O)cc1. The second kappa shape index (κ2) is 7.18. The lowest BCUT2D eigenvalue weighted by molar-refractivity contribution is -0.130. The maximum atomic E-state index is 11.9. The summed E-state index contributed by atoms with van der Waals surface area (Å²) in [5.41, 5.74) is 0.807. The van der Waals surface area contributed by atoms with Crippen LogP contribution < -0.4 is 4.72 Å². The normalized spacial score (nSPS) is 11.8. The van der Waals surface area contributed by atoms with Crippen LogP contribution in [0.15, 0.2) is 53.4 Å². The number of carbonyl (C=O) groups excluding carboxylic acids is 1. The number of carboxylic acid groups (broad SMARTS) is 1. The minimum Gasteiger partial charge on any atom is -0.508 e. The summed E-state index contributed by atoms with van der Waals surface area (Å²) in [6.07, 6.45) is 1.40. The third-order valence-corrected chi connectivity index (χ3v) is 4.64. The summed E-state index contributed by atoms with van der Waals surface area (Å²) < 4.78 is 25.6. The zero-order valence-electron chi connectivity index (χ0n) is 13.1. The lowest BCUT2D eigenvalue weighted by Crippen LogP contribution is -2.28. The molecule has 0 heterocycles. The monoisotopic (exact) mass is 361 g/mol. The summed E-state index contributed by atoms with van der Waals surface area (Å²) in [6.45, 7) is 1.08. The Bertz CT molecular complexity index is 928. The smallest absolute Gasteiger partial charge is 0.336 e. The molecule has 0 aliphatic carbocycles. The minimum absolute atomic E-state index is 0.0471. The summed E-state index contributed by atoms with van der Waals surface area (Å²) >= 11 is 0. The number of aromatic hydroxyl groups is 1. The summed E-state index contributed by atoms with van der Waals surface area (Å²) in [7, 11) is -3.98. The van der Waals surface area contributed by atoms with Gasteiger partial charge in [-0.3, -0.25) is 4.79 Å². The number of rotatable bonds is 5. The molecule has 0 aromatic heterocycles. The van der Waals surface area contributed by atoms with Crippen LogP contribution in [0.25, 0.3) is 11.6 Å². The fourth-order valence-electron chi connectivity index (χ4n) is 2.07. The first-order valence-corrected chi connectivity index (χ1v) is 8.55. The van der Waals surface area contributed by atoms with Gasteiger partial charge in [0.05, 0.1) is 10.5 Å². The number of phenolic OH excluding ortho intramolecular Hbond substituents is 1. The van der Waals surface area contributed by atoms with E-state index in [0.717, 1.165) is 6.92 Å². The molecule has 7 nitrogen and oxygen atoms in total. The number of sulfonamides is 1. The maximum absolute atomic E-state index is 11.9. The molecular weight excluding hydrogens is 346 g/mol. The Kier molecular flexibility index (Phi) is 5.23. The first-order chi connectivity index (χ1) is 11.7. The molecule has 2 rings (SSSR count). The van der Waals surface area contributed by atoms with E-state index < -0.39 is 21.9 Å². The number of amides is 1. The molecule has 0 saturated heterocycles. The Balaban J connectivity index is 2.39. The van der Waals surface area contributed by atoms with Crippen molar-refractivity contribution in [1.82, 2.24) is 4.72 Å². The molecule has 8 heteroatoms. The Morgan fingerprint density at radius 2 is 1.56 bits per heavy atom. The van der Waals surface area contributed by atoms with Gasteiger partial charge < -0.3 is 10.2 Å². The quantitative estimate of drug-likeness (QED) is 0.552. The molecule has 0 aliphatic heterocycles. The molecular formula is C17H15NO6S. The van der Waals surface area contributed by atoms with Crippen molar-refractivity contribution in [3.8, 4) is 5.75 Å². The van der Waals surface area contributed by atoms with Gasteiger partial charge in [-0.05, 0) is 41.5 Å². The van der Waals surface area contributed by atoms with Crippen molar-refractivity contribution in [2.45, 2.75) is 11.8 Å². The molecule has 0 radical (unpaired) electrons. The lowest BCUT2D eigenvalue weighted by atomic mass is 10.0. The summed E-state index contributed by atoms with van der Waals surface area (Å²) in [4.78, 5) is 22.3. The van der Waals surface area contributed by atoms with Gasteiger partial charge in [-0.1, -0.05) is 24.3 Å². The van der Waals surface area contributed by atoms with Gasteiger partial charge in [-0.15, -0.1) is 0 Å². The molecule has 0 unspecified atom stereocenters. The summed E-state index contributed by atoms with van der Waals surface area (Å²) in [5, 5.41) is 18.7. The van der Waals surface area contributed by atoms with Crippen molar-refractivity contribution >= 4 is 33.5 Å². The lowest BCUT2D eigenvalue weighted by Gasteiger charge is -2.07. The van der Waals surface area contributed by atoms with Crippen LogP contribution in [0.5, 0.6) is 5.75 Å². The van der Waals surface area contributed by atoms with Gasteiger partial charge in [0.25, 0.3) is 10.0 Å². The highest BCUT2D eigenvalue weighted by Crippen LogP contribution is 2.22. The Morgan fingerprint density at radius 3 is 2.04 bits per heavy atom. The number of aliphatic carboxylic acids is 1. The number of benzene rings is 2.